The van der Waals surface area contributed by atoms with E-state index in [9.17, 15) is 10.1 Å². The number of non-ortho nitro benzene ring substituents is 1. The highest BCUT2D eigenvalue weighted by Crippen LogP contribution is 2.21. The predicted molar refractivity (Wildman–Crippen MR) is 70.3 cm³/mol. The average Bonchev–Trinajstić information content (AvgIpc) is 2.37. The van der Waals surface area contributed by atoms with Crippen molar-refractivity contribution in [1.29, 1.82) is 0 Å². The number of nitro groups is 1. The molecule has 0 saturated heterocycles. The summed E-state index contributed by atoms with van der Waals surface area (Å²) in [6.45, 7) is 1.85. The molecule has 0 aliphatic carbocycles. The van der Waals surface area contributed by atoms with Crippen LogP contribution in [0.4, 0.5) is 11.5 Å². The van der Waals surface area contributed by atoms with E-state index in [4.69, 9.17) is 6.42 Å². The van der Waals surface area contributed by atoms with E-state index in [0.29, 0.717) is 11.3 Å². The van der Waals surface area contributed by atoms with Crippen LogP contribution in [-0.2, 0) is 0 Å². The minimum absolute atomic E-state index is 0.0574. The summed E-state index contributed by atoms with van der Waals surface area (Å²) in [7, 11) is 0. The van der Waals surface area contributed by atoms with Crippen molar-refractivity contribution in [2.45, 2.75) is 13.0 Å². The summed E-state index contributed by atoms with van der Waals surface area (Å²) in [5.41, 5.74) is 0.747. The molecule has 2 aromatic rings. The van der Waals surface area contributed by atoms with E-state index in [2.05, 4.69) is 16.2 Å². The molecule has 90 valence electrons. The van der Waals surface area contributed by atoms with Gasteiger partial charge in [-0.3, -0.25) is 10.1 Å². The molecule has 1 unspecified atom stereocenters. The molecular weight excluding hydrogens is 230 g/mol. The second-order valence-electron chi connectivity index (χ2n) is 3.86. The topological polar surface area (TPSA) is 68.1 Å². The van der Waals surface area contributed by atoms with Crippen LogP contribution < -0.4 is 5.32 Å². The van der Waals surface area contributed by atoms with Gasteiger partial charge in [0.15, 0.2) is 0 Å². The van der Waals surface area contributed by atoms with Crippen LogP contribution in [0, 0.1) is 22.5 Å². The first kappa shape index (κ1) is 11.9. The third kappa shape index (κ3) is 2.38. The molecular formula is C13H11N3O2. The van der Waals surface area contributed by atoms with Gasteiger partial charge in [0, 0.05) is 17.5 Å². The van der Waals surface area contributed by atoms with Gasteiger partial charge in [-0.1, -0.05) is 5.92 Å². The van der Waals surface area contributed by atoms with E-state index in [1.165, 1.54) is 12.1 Å². The number of hydrogen-bond donors (Lipinski definition) is 1. The molecule has 5 nitrogen and oxygen atoms in total. The minimum atomic E-state index is -0.425. The van der Waals surface area contributed by atoms with Gasteiger partial charge in [-0.15, -0.1) is 6.42 Å². The molecule has 1 atom stereocenters. The van der Waals surface area contributed by atoms with Crippen LogP contribution in [0.2, 0.25) is 0 Å². The summed E-state index contributed by atoms with van der Waals surface area (Å²) in [4.78, 5) is 14.6. The second kappa shape index (κ2) is 4.72. The first-order valence-electron chi connectivity index (χ1n) is 5.38. The summed E-state index contributed by atoms with van der Waals surface area (Å²) in [5.74, 6) is 3.20. The van der Waals surface area contributed by atoms with E-state index < -0.39 is 4.92 Å². The maximum absolute atomic E-state index is 10.6. The lowest BCUT2D eigenvalue weighted by Gasteiger charge is -2.08. The van der Waals surface area contributed by atoms with Crippen LogP contribution in [0.25, 0.3) is 10.9 Å². The molecule has 1 heterocycles. The number of anilines is 1. The fraction of sp³-hybridized carbons (Fsp3) is 0.154. The zero-order valence-corrected chi connectivity index (χ0v) is 9.75. The fourth-order valence-electron chi connectivity index (χ4n) is 1.57. The van der Waals surface area contributed by atoms with E-state index in [0.717, 1.165) is 5.39 Å². The molecule has 5 heteroatoms. The molecule has 18 heavy (non-hydrogen) atoms. The van der Waals surface area contributed by atoms with Gasteiger partial charge in [0.05, 0.1) is 16.5 Å². The van der Waals surface area contributed by atoms with Crippen molar-refractivity contribution in [3.63, 3.8) is 0 Å². The number of aromatic nitrogens is 1. The maximum atomic E-state index is 10.6. The van der Waals surface area contributed by atoms with Gasteiger partial charge in [-0.2, -0.15) is 0 Å². The second-order valence-corrected chi connectivity index (χ2v) is 3.86. The van der Waals surface area contributed by atoms with Crippen molar-refractivity contribution in [2.24, 2.45) is 0 Å². The standard InChI is InChI=1S/C13H11N3O2/c1-3-9(2)14-13-7-4-10-8-11(16(17)18)5-6-12(10)15-13/h1,4-9H,2H3,(H,14,15). The smallest absolute Gasteiger partial charge is 0.270 e. The van der Waals surface area contributed by atoms with Crippen LogP contribution >= 0.6 is 0 Å². The van der Waals surface area contributed by atoms with Crippen LogP contribution in [0.15, 0.2) is 30.3 Å². The average molecular weight is 241 g/mol. The lowest BCUT2D eigenvalue weighted by atomic mass is 10.2. The largest absolute Gasteiger partial charge is 0.357 e. The normalized spacial score (nSPS) is 11.8. The molecule has 0 aliphatic heterocycles. The zero-order chi connectivity index (χ0) is 13.1. The third-order valence-corrected chi connectivity index (χ3v) is 2.50. The number of rotatable bonds is 3. The molecule has 0 fully saturated rings. The maximum Gasteiger partial charge on any atom is 0.270 e. The Hall–Kier alpha value is -2.61. The molecule has 0 radical (unpaired) electrons. The molecule has 0 bridgehead atoms. The number of pyridine rings is 1. The van der Waals surface area contributed by atoms with Crippen molar-refractivity contribution < 1.29 is 4.92 Å². The zero-order valence-electron chi connectivity index (χ0n) is 9.75. The Morgan fingerprint density at radius 1 is 1.44 bits per heavy atom. The first-order chi connectivity index (χ1) is 8.60. The Labute approximate surface area is 104 Å². The van der Waals surface area contributed by atoms with Gasteiger partial charge >= 0.3 is 0 Å². The summed E-state index contributed by atoms with van der Waals surface area (Å²) in [6, 6.07) is 7.97. The fourth-order valence-corrected chi connectivity index (χ4v) is 1.57. The van der Waals surface area contributed by atoms with E-state index >= 15 is 0 Å². The van der Waals surface area contributed by atoms with Crippen LogP contribution in [0.3, 0.4) is 0 Å². The number of hydrogen-bond acceptors (Lipinski definition) is 4. The van der Waals surface area contributed by atoms with Crippen molar-refractivity contribution in [3.05, 3.63) is 40.4 Å². The highest BCUT2D eigenvalue weighted by Gasteiger charge is 2.07. The van der Waals surface area contributed by atoms with Crippen molar-refractivity contribution in [3.8, 4) is 12.3 Å². The van der Waals surface area contributed by atoms with Crippen molar-refractivity contribution in [1.82, 2.24) is 4.98 Å². The van der Waals surface area contributed by atoms with E-state index in [1.807, 2.05) is 6.92 Å². The van der Waals surface area contributed by atoms with Gasteiger partial charge in [0.2, 0.25) is 0 Å². The quantitative estimate of drug-likeness (QED) is 0.509. The Morgan fingerprint density at radius 3 is 2.89 bits per heavy atom. The van der Waals surface area contributed by atoms with Crippen molar-refractivity contribution >= 4 is 22.4 Å². The Balaban J connectivity index is 2.39. The van der Waals surface area contributed by atoms with Gasteiger partial charge in [-0.05, 0) is 25.1 Å². The summed E-state index contributed by atoms with van der Waals surface area (Å²) < 4.78 is 0. The summed E-state index contributed by atoms with van der Waals surface area (Å²) in [6.07, 6.45) is 5.27. The number of terminal acetylenes is 1. The molecule has 2 rings (SSSR count). The SMILES string of the molecule is C#CC(C)Nc1ccc2cc([N+](=O)[O-])ccc2n1. The van der Waals surface area contributed by atoms with Gasteiger partial charge in [-0.25, -0.2) is 4.98 Å². The third-order valence-electron chi connectivity index (χ3n) is 2.50. The van der Waals surface area contributed by atoms with Crippen molar-refractivity contribution in [2.75, 3.05) is 5.32 Å². The highest BCUT2D eigenvalue weighted by atomic mass is 16.6. The van der Waals surface area contributed by atoms with Gasteiger partial charge in [0.1, 0.15) is 5.82 Å². The Kier molecular flexibility index (Phi) is 3.11. The lowest BCUT2D eigenvalue weighted by Crippen LogP contribution is -2.12. The molecule has 1 N–H and O–H groups in total. The highest BCUT2D eigenvalue weighted by molar-refractivity contribution is 5.82. The van der Waals surface area contributed by atoms with Gasteiger partial charge in [0.25, 0.3) is 5.69 Å². The minimum Gasteiger partial charge on any atom is -0.357 e. The Morgan fingerprint density at radius 2 is 2.22 bits per heavy atom. The molecule has 0 amide bonds. The first-order valence-corrected chi connectivity index (χ1v) is 5.38. The molecule has 0 saturated carbocycles. The molecule has 0 spiro atoms. The Bertz CT molecular complexity index is 646. The molecule has 0 aliphatic rings. The number of benzene rings is 1. The molecule has 1 aromatic carbocycles. The van der Waals surface area contributed by atoms with Crippen LogP contribution in [0.1, 0.15) is 6.92 Å². The molecule has 1 aromatic heterocycles. The van der Waals surface area contributed by atoms with E-state index in [1.54, 1.807) is 18.2 Å². The van der Waals surface area contributed by atoms with Gasteiger partial charge < -0.3 is 5.32 Å². The monoisotopic (exact) mass is 241 g/mol. The van der Waals surface area contributed by atoms with Crippen LogP contribution in [-0.4, -0.2) is 15.9 Å². The number of nitrogens with zero attached hydrogens (tertiary/aromatic N) is 2. The predicted octanol–water partition coefficient (Wildman–Crippen LogP) is 2.58. The number of nitro benzene ring substituents is 1. The number of nitrogens with one attached hydrogen (secondary N) is 1. The lowest BCUT2D eigenvalue weighted by molar-refractivity contribution is -0.384. The number of fused-ring (bicyclic) bond motifs is 1. The van der Waals surface area contributed by atoms with E-state index in [-0.39, 0.29) is 11.7 Å². The summed E-state index contributed by atoms with van der Waals surface area (Å²) >= 11 is 0. The van der Waals surface area contributed by atoms with Crippen LogP contribution in [0.5, 0.6) is 0 Å². The summed E-state index contributed by atoms with van der Waals surface area (Å²) in [5, 5.41) is 14.4.